The van der Waals surface area contributed by atoms with E-state index in [1.54, 1.807) is 5.56 Å². The predicted octanol–water partition coefficient (Wildman–Crippen LogP) is 5.86. The molecular formula is C23H35O2P. The lowest BCUT2D eigenvalue weighted by Crippen LogP contribution is -2.29. The molecule has 2 aliphatic rings. The lowest BCUT2D eigenvalue weighted by molar-refractivity contribution is -0.147. The van der Waals surface area contributed by atoms with Gasteiger partial charge in [0.2, 0.25) is 0 Å². The van der Waals surface area contributed by atoms with E-state index < -0.39 is 0 Å². The van der Waals surface area contributed by atoms with Gasteiger partial charge in [-0.25, -0.2) is 0 Å². The van der Waals surface area contributed by atoms with Crippen LogP contribution in [0.15, 0.2) is 12.1 Å². The van der Waals surface area contributed by atoms with E-state index in [2.05, 4.69) is 42.1 Å². The summed E-state index contributed by atoms with van der Waals surface area (Å²) in [5, 5.41) is 0. The molecule has 26 heavy (non-hydrogen) atoms. The number of carbonyl (C=O) groups is 1. The Hall–Kier alpha value is -0.880. The Morgan fingerprint density at radius 2 is 1.42 bits per heavy atom. The van der Waals surface area contributed by atoms with Gasteiger partial charge in [0.25, 0.3) is 0 Å². The van der Waals surface area contributed by atoms with Gasteiger partial charge >= 0.3 is 5.97 Å². The van der Waals surface area contributed by atoms with Gasteiger partial charge in [0.05, 0.1) is 6.16 Å². The number of aryl methyl sites for hydroxylation is 2. The highest BCUT2D eigenvalue weighted by atomic mass is 31.0. The Labute approximate surface area is 161 Å². The summed E-state index contributed by atoms with van der Waals surface area (Å²) in [7, 11) is 2.46. The number of benzene rings is 1. The molecule has 1 aromatic carbocycles. The van der Waals surface area contributed by atoms with Crippen LogP contribution < -0.4 is 0 Å². The molecule has 0 spiro atoms. The van der Waals surface area contributed by atoms with Crippen LogP contribution in [-0.4, -0.2) is 18.2 Å². The van der Waals surface area contributed by atoms with E-state index in [0.717, 1.165) is 30.6 Å². The van der Waals surface area contributed by atoms with E-state index in [9.17, 15) is 4.79 Å². The average molecular weight is 375 g/mol. The summed E-state index contributed by atoms with van der Waals surface area (Å²) in [6.07, 6.45) is 10.6. The highest BCUT2D eigenvalue weighted by Crippen LogP contribution is 2.43. The van der Waals surface area contributed by atoms with Crippen LogP contribution in [0.25, 0.3) is 0 Å². The molecule has 2 nitrogen and oxygen atoms in total. The van der Waals surface area contributed by atoms with Crippen LogP contribution in [0.4, 0.5) is 0 Å². The monoisotopic (exact) mass is 374 g/mol. The molecule has 0 aliphatic heterocycles. The van der Waals surface area contributed by atoms with E-state index in [4.69, 9.17) is 4.74 Å². The molecule has 3 rings (SSSR count). The van der Waals surface area contributed by atoms with Crippen molar-refractivity contribution in [3.63, 3.8) is 0 Å². The van der Waals surface area contributed by atoms with Gasteiger partial charge in [0.15, 0.2) is 0 Å². The number of hydrogen-bond donors (Lipinski definition) is 0. The zero-order chi connectivity index (χ0) is 18.7. The largest absolute Gasteiger partial charge is 0.462 e. The van der Waals surface area contributed by atoms with Gasteiger partial charge in [-0.05, 0) is 112 Å². The third-order valence-corrected chi connectivity index (χ3v) is 7.38. The Balaban J connectivity index is 1.49. The predicted molar refractivity (Wildman–Crippen MR) is 112 cm³/mol. The molecule has 0 amide bonds. The van der Waals surface area contributed by atoms with Crippen LogP contribution in [0.3, 0.4) is 0 Å². The number of hydrogen-bond acceptors (Lipinski definition) is 2. The topological polar surface area (TPSA) is 26.3 Å². The third kappa shape index (κ3) is 4.69. The van der Waals surface area contributed by atoms with E-state index in [1.807, 2.05) is 0 Å². The van der Waals surface area contributed by atoms with Gasteiger partial charge in [0.1, 0.15) is 6.10 Å². The Morgan fingerprint density at radius 3 is 1.92 bits per heavy atom. The summed E-state index contributed by atoms with van der Waals surface area (Å²) in [5.74, 6) is 2.42. The molecular weight excluding hydrogens is 339 g/mol. The first-order valence-corrected chi connectivity index (χ1v) is 11.3. The van der Waals surface area contributed by atoms with E-state index in [0.29, 0.717) is 6.16 Å². The quantitative estimate of drug-likeness (QED) is 0.487. The molecule has 0 radical (unpaired) electrons. The summed E-state index contributed by atoms with van der Waals surface area (Å²) in [6, 6.07) is 4.86. The first kappa shape index (κ1) is 19.9. The standard InChI is InChI=1S/C23H35O2P/c1-15-12-21(13-16(2)17(15)3)20-6-4-18(5-7-20)19-8-10-22(11-9-19)25-23(24)14-26/h12-13,18-20,22H,4-11,14,26H2,1-3H3. The first-order chi connectivity index (χ1) is 12.5. The maximum atomic E-state index is 11.5. The summed E-state index contributed by atoms with van der Waals surface area (Å²) >= 11 is 0. The Bertz CT molecular complexity index is 600. The summed E-state index contributed by atoms with van der Waals surface area (Å²) in [4.78, 5) is 11.5. The van der Waals surface area contributed by atoms with Crippen molar-refractivity contribution in [2.75, 3.05) is 6.16 Å². The molecule has 0 saturated heterocycles. The van der Waals surface area contributed by atoms with Gasteiger partial charge in [0, 0.05) is 0 Å². The van der Waals surface area contributed by atoms with Gasteiger partial charge < -0.3 is 4.74 Å². The second-order valence-electron chi connectivity index (χ2n) is 8.62. The van der Waals surface area contributed by atoms with Crippen LogP contribution in [0, 0.1) is 32.6 Å². The Kier molecular flexibility index (Phi) is 6.78. The fourth-order valence-electron chi connectivity index (χ4n) is 5.14. The van der Waals surface area contributed by atoms with Crippen LogP contribution in [0.2, 0.25) is 0 Å². The SMILES string of the molecule is Cc1cc(C2CCC(C3CCC(OC(=O)CP)CC3)CC2)cc(C)c1C. The summed E-state index contributed by atoms with van der Waals surface area (Å²) in [6.45, 7) is 6.73. The molecule has 0 aromatic heterocycles. The minimum absolute atomic E-state index is 0.0670. The average Bonchev–Trinajstić information content (AvgIpc) is 2.66. The molecule has 0 heterocycles. The fourth-order valence-corrected chi connectivity index (χ4v) is 5.24. The van der Waals surface area contributed by atoms with Crippen LogP contribution in [0.1, 0.15) is 79.5 Å². The molecule has 0 bridgehead atoms. The molecule has 1 aromatic rings. The lowest BCUT2D eigenvalue weighted by atomic mass is 9.69. The zero-order valence-electron chi connectivity index (χ0n) is 16.7. The molecule has 1 unspecified atom stereocenters. The molecule has 3 heteroatoms. The second kappa shape index (κ2) is 8.87. The summed E-state index contributed by atoms with van der Waals surface area (Å²) in [5.41, 5.74) is 5.90. The van der Waals surface area contributed by atoms with Gasteiger partial charge in [-0.15, -0.1) is 9.24 Å². The first-order valence-electron chi connectivity index (χ1n) is 10.4. The Morgan fingerprint density at radius 1 is 0.923 bits per heavy atom. The summed E-state index contributed by atoms with van der Waals surface area (Å²) < 4.78 is 5.52. The molecule has 144 valence electrons. The van der Waals surface area contributed by atoms with Crippen molar-refractivity contribution in [1.82, 2.24) is 0 Å². The van der Waals surface area contributed by atoms with E-state index >= 15 is 0 Å². The van der Waals surface area contributed by atoms with Crippen molar-refractivity contribution in [3.8, 4) is 0 Å². The zero-order valence-corrected chi connectivity index (χ0v) is 17.9. The third-order valence-electron chi connectivity index (χ3n) is 7.04. The van der Waals surface area contributed by atoms with Crippen molar-refractivity contribution in [2.45, 2.75) is 84.2 Å². The second-order valence-corrected chi connectivity index (χ2v) is 9.03. The normalized spacial score (nSPS) is 29.4. The van der Waals surface area contributed by atoms with Crippen molar-refractivity contribution >= 4 is 15.2 Å². The van der Waals surface area contributed by atoms with Gasteiger partial charge in [-0.1, -0.05) is 12.1 Å². The molecule has 0 N–H and O–H groups in total. The van der Waals surface area contributed by atoms with E-state index in [1.165, 1.54) is 55.2 Å². The van der Waals surface area contributed by atoms with Crippen molar-refractivity contribution in [1.29, 1.82) is 0 Å². The van der Waals surface area contributed by atoms with Gasteiger partial charge in [-0.3, -0.25) is 4.79 Å². The minimum Gasteiger partial charge on any atom is -0.462 e. The number of carbonyl (C=O) groups excluding carboxylic acids is 1. The number of esters is 1. The lowest BCUT2D eigenvalue weighted by Gasteiger charge is -2.38. The maximum absolute atomic E-state index is 11.5. The highest BCUT2D eigenvalue weighted by molar-refractivity contribution is 7.18. The van der Waals surface area contributed by atoms with Crippen LogP contribution in [0.5, 0.6) is 0 Å². The van der Waals surface area contributed by atoms with Crippen molar-refractivity contribution in [2.24, 2.45) is 11.8 Å². The molecule has 1 atom stereocenters. The minimum atomic E-state index is -0.0670. The number of ether oxygens (including phenoxy) is 1. The maximum Gasteiger partial charge on any atom is 0.309 e. The molecule has 2 saturated carbocycles. The number of rotatable bonds is 4. The van der Waals surface area contributed by atoms with Crippen LogP contribution in [-0.2, 0) is 9.53 Å². The molecule has 2 fully saturated rings. The van der Waals surface area contributed by atoms with Crippen molar-refractivity contribution < 1.29 is 9.53 Å². The van der Waals surface area contributed by atoms with E-state index in [-0.39, 0.29) is 12.1 Å². The highest BCUT2D eigenvalue weighted by Gasteiger charge is 2.32. The smallest absolute Gasteiger partial charge is 0.309 e. The van der Waals surface area contributed by atoms with Crippen LogP contribution >= 0.6 is 9.24 Å². The van der Waals surface area contributed by atoms with Crippen molar-refractivity contribution in [3.05, 3.63) is 34.4 Å². The fraction of sp³-hybridized carbons (Fsp3) is 0.696. The molecule has 2 aliphatic carbocycles. The van der Waals surface area contributed by atoms with Gasteiger partial charge in [-0.2, -0.15) is 0 Å².